The first-order chi connectivity index (χ1) is 16.8. The van der Waals surface area contributed by atoms with Gasteiger partial charge in [0, 0.05) is 5.69 Å². The van der Waals surface area contributed by atoms with E-state index in [1.54, 1.807) is 6.92 Å². The first-order valence-corrected chi connectivity index (χ1v) is 9.92. The normalized spacial score (nSPS) is 14.2. The van der Waals surface area contributed by atoms with Crippen LogP contribution in [-0.4, -0.2) is 89.3 Å². The highest BCUT2D eigenvalue weighted by Gasteiger charge is 2.43. The van der Waals surface area contributed by atoms with Crippen molar-refractivity contribution >= 4 is 36.0 Å². The molecule has 0 saturated heterocycles. The minimum absolute atomic E-state index is 0.549. The van der Waals surface area contributed by atoms with Crippen molar-refractivity contribution in [3.63, 3.8) is 0 Å². The molecule has 0 radical (unpaired) electrons. The number of aliphatic hydroxyl groups excluding tert-OH is 2. The van der Waals surface area contributed by atoms with Gasteiger partial charge in [-0.25, -0.2) is 19.2 Å². The Balaban J connectivity index is 0.000000846. The maximum atomic E-state index is 11.0. The number of carbonyl (C=O) groups excluding carboxylic acids is 4. The van der Waals surface area contributed by atoms with E-state index in [4.69, 9.17) is 28.0 Å². The van der Waals surface area contributed by atoms with E-state index in [-0.39, 0.29) is 0 Å². The molecule has 0 aliphatic carbocycles. The van der Waals surface area contributed by atoms with Crippen molar-refractivity contribution in [3.8, 4) is 0 Å². The van der Waals surface area contributed by atoms with Crippen LogP contribution < -0.4 is 28.3 Å². The van der Waals surface area contributed by atoms with Crippen LogP contribution in [0.5, 0.6) is 0 Å². The van der Waals surface area contributed by atoms with Crippen LogP contribution in [0.15, 0.2) is 30.3 Å². The molecule has 12 N–H and O–H groups in total. The lowest BCUT2D eigenvalue weighted by molar-refractivity contribution is -0.137. The lowest BCUT2D eigenvalue weighted by atomic mass is 10.0. The number of rotatable bonds is 12. The van der Waals surface area contributed by atoms with Gasteiger partial charge in [0.1, 0.15) is 6.04 Å². The quantitative estimate of drug-likeness (QED) is 0.144. The van der Waals surface area contributed by atoms with Gasteiger partial charge in [-0.2, -0.15) is 0 Å². The molecule has 202 valence electrons. The van der Waals surface area contributed by atoms with Crippen LogP contribution in [0.25, 0.3) is 0 Å². The van der Waals surface area contributed by atoms with Gasteiger partial charge < -0.3 is 62.5 Å². The summed E-state index contributed by atoms with van der Waals surface area (Å²) in [4.78, 5) is 54.2. The third-order valence-corrected chi connectivity index (χ3v) is 3.98. The Bertz CT molecular complexity index is 830. The number of amides is 4. The predicted octanol–water partition coefficient (Wildman–Crippen LogP) is -1.60. The Kier molecular flexibility index (Phi) is 14.1. The van der Waals surface area contributed by atoms with Crippen molar-refractivity contribution in [2.75, 3.05) is 18.5 Å². The average Bonchev–Trinajstić information content (AvgIpc) is 2.78. The van der Waals surface area contributed by atoms with Crippen LogP contribution in [-0.2, 0) is 23.7 Å². The number of ether oxygens (including phenoxy) is 4. The second kappa shape index (κ2) is 16.2. The van der Waals surface area contributed by atoms with Gasteiger partial charge in [-0.3, -0.25) is 4.79 Å². The molecule has 5 atom stereocenters. The molecular weight excluding hydrogens is 490 g/mol. The van der Waals surface area contributed by atoms with Crippen LogP contribution in [0.2, 0.25) is 0 Å². The SMILES string of the molecule is CC(Nc1ccccc1)C(=O)O.NC(=O)O[C@@H]([C@H](OC(N)=O)[C@@H](CO)OC(N)=O)[C@@H](CO)OC(N)=O. The summed E-state index contributed by atoms with van der Waals surface area (Å²) in [5.74, 6) is -0.848. The minimum atomic E-state index is -1.84. The molecule has 0 fully saturated rings. The summed E-state index contributed by atoms with van der Waals surface area (Å²) in [7, 11) is 0. The van der Waals surface area contributed by atoms with Gasteiger partial charge in [0.2, 0.25) is 0 Å². The first-order valence-electron chi connectivity index (χ1n) is 9.92. The third-order valence-electron chi connectivity index (χ3n) is 3.98. The zero-order chi connectivity index (χ0) is 27.8. The maximum Gasteiger partial charge on any atom is 0.405 e. The topological polar surface area (TPSA) is 299 Å². The molecule has 1 aromatic rings. The van der Waals surface area contributed by atoms with Gasteiger partial charge in [0.25, 0.3) is 0 Å². The summed E-state index contributed by atoms with van der Waals surface area (Å²) in [6.07, 6.45) is -12.8. The monoisotopic (exact) mass is 519 g/mol. The molecule has 1 aromatic carbocycles. The zero-order valence-electron chi connectivity index (χ0n) is 19.0. The zero-order valence-corrected chi connectivity index (χ0v) is 19.0. The number of anilines is 1. The van der Waals surface area contributed by atoms with Crippen LogP contribution in [0.3, 0.4) is 0 Å². The van der Waals surface area contributed by atoms with Gasteiger partial charge in [-0.15, -0.1) is 0 Å². The Labute approximate surface area is 204 Å². The molecule has 0 aromatic heterocycles. The van der Waals surface area contributed by atoms with E-state index < -0.39 is 74.0 Å². The Hall–Kier alpha value is -4.51. The number of benzene rings is 1. The fraction of sp³-hybridized carbons (Fsp3) is 0.421. The summed E-state index contributed by atoms with van der Waals surface area (Å²) in [6, 6.07) is 8.72. The van der Waals surface area contributed by atoms with Crippen molar-refractivity contribution in [2.45, 2.75) is 37.4 Å². The second-order valence-corrected chi connectivity index (χ2v) is 6.69. The van der Waals surface area contributed by atoms with Crippen molar-refractivity contribution in [1.82, 2.24) is 0 Å². The minimum Gasteiger partial charge on any atom is -0.480 e. The van der Waals surface area contributed by atoms with Gasteiger partial charge in [-0.05, 0) is 19.1 Å². The van der Waals surface area contributed by atoms with Crippen LogP contribution in [0.1, 0.15) is 6.92 Å². The molecule has 0 heterocycles. The molecule has 36 heavy (non-hydrogen) atoms. The van der Waals surface area contributed by atoms with Crippen molar-refractivity contribution in [1.29, 1.82) is 0 Å². The number of nitrogens with two attached hydrogens (primary N) is 4. The fourth-order valence-electron chi connectivity index (χ4n) is 2.54. The van der Waals surface area contributed by atoms with E-state index >= 15 is 0 Å². The van der Waals surface area contributed by atoms with E-state index in [1.807, 2.05) is 30.3 Å². The van der Waals surface area contributed by atoms with Gasteiger partial charge in [-0.1, -0.05) is 18.2 Å². The second-order valence-electron chi connectivity index (χ2n) is 6.69. The number of carboxylic acids is 1. The molecule has 0 aliphatic heterocycles. The molecule has 0 saturated carbocycles. The molecular formula is C19H29N5O12. The molecule has 0 bridgehead atoms. The highest BCUT2D eigenvalue weighted by Crippen LogP contribution is 2.18. The molecule has 0 aliphatic rings. The number of hydrogen-bond donors (Lipinski definition) is 8. The van der Waals surface area contributed by atoms with Crippen LogP contribution in [0, 0.1) is 0 Å². The van der Waals surface area contributed by atoms with Gasteiger partial charge in [0.15, 0.2) is 24.4 Å². The van der Waals surface area contributed by atoms with E-state index in [0.717, 1.165) is 5.69 Å². The number of carbonyl (C=O) groups is 5. The number of primary amides is 4. The summed E-state index contributed by atoms with van der Waals surface area (Å²) < 4.78 is 18.2. The van der Waals surface area contributed by atoms with Crippen LogP contribution in [0.4, 0.5) is 24.9 Å². The molecule has 1 unspecified atom stereocenters. The summed E-state index contributed by atoms with van der Waals surface area (Å²) >= 11 is 0. The largest absolute Gasteiger partial charge is 0.480 e. The van der Waals surface area contributed by atoms with Gasteiger partial charge >= 0.3 is 30.3 Å². The molecule has 17 nitrogen and oxygen atoms in total. The van der Waals surface area contributed by atoms with Crippen molar-refractivity contribution in [2.24, 2.45) is 22.9 Å². The highest BCUT2D eigenvalue weighted by atomic mass is 16.6. The Morgan fingerprint density at radius 3 is 1.39 bits per heavy atom. The number of carboxylic acid groups (broad SMARTS) is 1. The van der Waals surface area contributed by atoms with Crippen molar-refractivity contribution < 1.29 is 58.2 Å². The average molecular weight is 519 g/mol. The lowest BCUT2D eigenvalue weighted by Gasteiger charge is -2.33. The standard InChI is InChI=1S/C10H18N4O10.C9H11NO2/c11-7(17)21-3(1-15)5(23-9(13)19)6(24-10(14)20)4(2-16)22-8(12)18;1-7(9(11)12)10-8-5-3-2-4-6-8/h3-6,15-16H,1-2H2,(H2,11,17)(H2,12,18)(H2,13,19)(H2,14,20);2-7,10H,1H3,(H,11,12)/t3-,4-,5-,6-;/m1./s1. The summed E-state index contributed by atoms with van der Waals surface area (Å²) in [6.45, 7) is -0.349. The van der Waals surface area contributed by atoms with E-state index in [0.29, 0.717) is 0 Å². The number of aliphatic hydroxyl groups is 2. The van der Waals surface area contributed by atoms with E-state index in [1.165, 1.54) is 0 Å². The number of hydrogen-bond acceptors (Lipinski definition) is 12. The molecule has 0 spiro atoms. The molecule has 4 amide bonds. The maximum absolute atomic E-state index is 11.0. The summed E-state index contributed by atoms with van der Waals surface area (Å²) in [5.41, 5.74) is 20.1. The lowest BCUT2D eigenvalue weighted by Crippen LogP contribution is -2.55. The first kappa shape index (κ1) is 31.5. The number of para-hydroxylation sites is 1. The van der Waals surface area contributed by atoms with Gasteiger partial charge in [0.05, 0.1) is 13.2 Å². The van der Waals surface area contributed by atoms with E-state index in [2.05, 4.69) is 24.3 Å². The number of aliphatic carboxylic acids is 1. The molecule has 1 rings (SSSR count). The molecule has 17 heteroatoms. The summed E-state index contributed by atoms with van der Waals surface area (Å²) in [5, 5.41) is 29.9. The van der Waals surface area contributed by atoms with E-state index in [9.17, 15) is 34.2 Å². The van der Waals surface area contributed by atoms with Crippen molar-refractivity contribution in [3.05, 3.63) is 30.3 Å². The highest BCUT2D eigenvalue weighted by molar-refractivity contribution is 5.76. The van der Waals surface area contributed by atoms with Crippen LogP contribution >= 0.6 is 0 Å². The smallest absolute Gasteiger partial charge is 0.405 e. The number of nitrogens with one attached hydrogen (secondary N) is 1. The third kappa shape index (κ3) is 12.7. The Morgan fingerprint density at radius 1 is 0.750 bits per heavy atom. The predicted molar refractivity (Wildman–Crippen MR) is 119 cm³/mol. The Morgan fingerprint density at radius 2 is 1.11 bits per heavy atom. The fourth-order valence-corrected chi connectivity index (χ4v) is 2.54.